The summed E-state index contributed by atoms with van der Waals surface area (Å²) in [4.78, 5) is 19.8. The first-order valence-electron chi connectivity index (χ1n) is 10.4. The Bertz CT molecular complexity index is 1300. The summed E-state index contributed by atoms with van der Waals surface area (Å²) < 4.78 is 26.8. The number of hydrogen-bond acceptors (Lipinski definition) is 4. The van der Waals surface area contributed by atoms with Crippen LogP contribution in [0.5, 0.6) is 0 Å². The molecular formula is C24H24N4O3S. The van der Waals surface area contributed by atoms with Crippen LogP contribution >= 0.6 is 0 Å². The van der Waals surface area contributed by atoms with Gasteiger partial charge in [0, 0.05) is 42.9 Å². The number of hydrogen-bond donors (Lipinski definition) is 3. The van der Waals surface area contributed by atoms with Crippen molar-refractivity contribution in [3.05, 3.63) is 84.7 Å². The molecule has 0 bridgehead atoms. The summed E-state index contributed by atoms with van der Waals surface area (Å²) in [5.74, 6) is -0.116. The highest BCUT2D eigenvalue weighted by Gasteiger charge is 2.12. The molecule has 2 aromatic heterocycles. The monoisotopic (exact) mass is 448 g/mol. The normalized spacial score (nSPS) is 11.5. The maximum Gasteiger partial charge on any atom is 0.240 e. The van der Waals surface area contributed by atoms with E-state index in [2.05, 4.69) is 26.1 Å². The van der Waals surface area contributed by atoms with E-state index in [1.807, 2.05) is 42.7 Å². The third-order valence-corrected chi connectivity index (χ3v) is 6.60. The molecule has 3 N–H and O–H groups in total. The maximum absolute atomic E-state index is 12.1. The van der Waals surface area contributed by atoms with E-state index < -0.39 is 10.0 Å². The number of benzene rings is 2. The van der Waals surface area contributed by atoms with Crippen LogP contribution in [0.2, 0.25) is 0 Å². The molecule has 0 fully saturated rings. The minimum absolute atomic E-state index is 0.116. The molecule has 2 aromatic carbocycles. The Kier molecular flexibility index (Phi) is 6.63. The van der Waals surface area contributed by atoms with Crippen molar-refractivity contribution in [3.8, 4) is 11.1 Å². The van der Waals surface area contributed by atoms with E-state index in [9.17, 15) is 13.2 Å². The summed E-state index contributed by atoms with van der Waals surface area (Å²) in [6.07, 6.45) is 4.65. The lowest BCUT2D eigenvalue weighted by atomic mass is 10.0. The number of nitrogens with zero attached hydrogens (tertiary/aromatic N) is 1. The third kappa shape index (κ3) is 5.40. The van der Waals surface area contributed by atoms with Crippen molar-refractivity contribution in [1.82, 2.24) is 20.0 Å². The molecule has 0 saturated carbocycles. The topological polar surface area (TPSA) is 104 Å². The Labute approximate surface area is 187 Å². The largest absolute Gasteiger partial charge is 0.355 e. The number of H-pyrrole nitrogens is 1. The second kappa shape index (κ2) is 9.76. The molecule has 164 valence electrons. The second-order valence-electron chi connectivity index (χ2n) is 7.40. The molecule has 7 nitrogen and oxygen atoms in total. The first-order valence-corrected chi connectivity index (χ1v) is 11.8. The van der Waals surface area contributed by atoms with Gasteiger partial charge in [0.05, 0.1) is 4.90 Å². The van der Waals surface area contributed by atoms with E-state index in [1.165, 1.54) is 12.1 Å². The van der Waals surface area contributed by atoms with Gasteiger partial charge in [-0.25, -0.2) is 18.1 Å². The first kappa shape index (κ1) is 21.7. The lowest BCUT2D eigenvalue weighted by Gasteiger charge is -2.08. The van der Waals surface area contributed by atoms with Gasteiger partial charge >= 0.3 is 0 Å². The van der Waals surface area contributed by atoms with Crippen molar-refractivity contribution in [2.45, 2.75) is 17.7 Å². The molecule has 0 aliphatic rings. The lowest BCUT2D eigenvalue weighted by Crippen LogP contribution is -2.34. The van der Waals surface area contributed by atoms with Crippen LogP contribution in [0, 0.1) is 0 Å². The second-order valence-corrected chi connectivity index (χ2v) is 9.16. The molecule has 4 aromatic rings. The predicted molar refractivity (Wildman–Crippen MR) is 124 cm³/mol. The fourth-order valence-corrected chi connectivity index (χ4v) is 4.43. The summed E-state index contributed by atoms with van der Waals surface area (Å²) in [6, 6.07) is 20.3. The Morgan fingerprint density at radius 2 is 1.72 bits per heavy atom. The molecule has 0 radical (unpaired) electrons. The van der Waals surface area contributed by atoms with Gasteiger partial charge in [-0.15, -0.1) is 0 Å². The van der Waals surface area contributed by atoms with Crippen LogP contribution in [0.4, 0.5) is 0 Å². The summed E-state index contributed by atoms with van der Waals surface area (Å²) in [5, 5.41) is 3.82. The highest BCUT2D eigenvalue weighted by molar-refractivity contribution is 7.89. The van der Waals surface area contributed by atoms with E-state index in [0.717, 1.165) is 27.7 Å². The van der Waals surface area contributed by atoms with Gasteiger partial charge in [0.1, 0.15) is 5.65 Å². The molecule has 0 aliphatic heterocycles. The minimum Gasteiger partial charge on any atom is -0.355 e. The van der Waals surface area contributed by atoms with Gasteiger partial charge in [0.25, 0.3) is 0 Å². The minimum atomic E-state index is -3.56. The highest BCUT2D eigenvalue weighted by Crippen LogP contribution is 2.23. The number of aromatic amines is 1. The molecule has 32 heavy (non-hydrogen) atoms. The van der Waals surface area contributed by atoms with Gasteiger partial charge in [-0.05, 0) is 41.8 Å². The summed E-state index contributed by atoms with van der Waals surface area (Å²) in [5.41, 5.74) is 4.03. The van der Waals surface area contributed by atoms with Crippen molar-refractivity contribution in [3.63, 3.8) is 0 Å². The molecule has 8 heteroatoms. The summed E-state index contributed by atoms with van der Waals surface area (Å²) in [7, 11) is -3.56. The van der Waals surface area contributed by atoms with Crippen LogP contribution in [-0.4, -0.2) is 37.4 Å². The quantitative estimate of drug-likeness (QED) is 0.342. The van der Waals surface area contributed by atoms with Crippen molar-refractivity contribution in [2.75, 3.05) is 13.1 Å². The molecule has 0 saturated heterocycles. The number of aromatic nitrogens is 2. The number of aryl methyl sites for hydroxylation is 1. The van der Waals surface area contributed by atoms with Crippen molar-refractivity contribution >= 4 is 27.0 Å². The number of rotatable bonds is 9. The number of carbonyl (C=O) groups excluding carboxylic acids is 1. The van der Waals surface area contributed by atoms with E-state index in [4.69, 9.17) is 0 Å². The molecule has 2 heterocycles. The summed E-state index contributed by atoms with van der Waals surface area (Å²) >= 11 is 0. The SMILES string of the molecule is O=C(CCc1ccc(-c2cnc3[nH]ccc3c2)cc1)NCCNS(=O)(=O)c1ccccc1. The first-order chi connectivity index (χ1) is 15.5. The predicted octanol–water partition coefficient (Wildman–Crippen LogP) is 3.26. The third-order valence-electron chi connectivity index (χ3n) is 5.12. The molecule has 0 spiro atoms. The standard InChI is InChI=1S/C24H24N4O3S/c29-23(25-14-15-28-32(30,31)22-4-2-1-3-5-22)11-8-18-6-9-19(10-7-18)21-16-20-12-13-26-24(20)27-17-21/h1-7,9-10,12-13,16-17,28H,8,11,14-15H2,(H,25,29)(H,26,27). The van der Waals surface area contributed by atoms with Crippen LogP contribution in [0.25, 0.3) is 22.2 Å². The van der Waals surface area contributed by atoms with Crippen LogP contribution in [0.1, 0.15) is 12.0 Å². The molecule has 0 atom stereocenters. The van der Waals surface area contributed by atoms with Crippen molar-refractivity contribution < 1.29 is 13.2 Å². The fourth-order valence-electron chi connectivity index (χ4n) is 3.38. The van der Waals surface area contributed by atoms with Crippen LogP contribution in [0.3, 0.4) is 0 Å². The number of fused-ring (bicyclic) bond motifs is 1. The zero-order valence-electron chi connectivity index (χ0n) is 17.4. The van der Waals surface area contributed by atoms with Gasteiger partial charge in [-0.3, -0.25) is 4.79 Å². The Hall–Kier alpha value is -3.49. The summed E-state index contributed by atoms with van der Waals surface area (Å²) in [6.45, 7) is 0.371. The highest BCUT2D eigenvalue weighted by atomic mass is 32.2. The number of amides is 1. The fraction of sp³-hybridized carbons (Fsp3) is 0.167. The van der Waals surface area contributed by atoms with Gasteiger partial charge in [0.15, 0.2) is 0 Å². The van der Waals surface area contributed by atoms with Gasteiger partial charge in [0.2, 0.25) is 15.9 Å². The zero-order chi connectivity index (χ0) is 22.4. The molecule has 1 amide bonds. The van der Waals surface area contributed by atoms with Crippen LogP contribution < -0.4 is 10.0 Å². The van der Waals surface area contributed by atoms with E-state index in [1.54, 1.807) is 18.2 Å². The Morgan fingerprint density at radius 1 is 0.938 bits per heavy atom. The van der Waals surface area contributed by atoms with Gasteiger partial charge in [-0.1, -0.05) is 42.5 Å². The Balaban J connectivity index is 1.22. The molecule has 4 rings (SSSR count). The van der Waals surface area contributed by atoms with Gasteiger partial charge in [-0.2, -0.15) is 0 Å². The van der Waals surface area contributed by atoms with Crippen molar-refractivity contribution in [1.29, 1.82) is 0 Å². The average molecular weight is 449 g/mol. The number of pyridine rings is 1. The van der Waals surface area contributed by atoms with Gasteiger partial charge < -0.3 is 10.3 Å². The Morgan fingerprint density at radius 3 is 2.50 bits per heavy atom. The lowest BCUT2D eigenvalue weighted by molar-refractivity contribution is -0.121. The maximum atomic E-state index is 12.1. The smallest absolute Gasteiger partial charge is 0.240 e. The average Bonchev–Trinajstić information content (AvgIpc) is 3.29. The van der Waals surface area contributed by atoms with Crippen LogP contribution in [-0.2, 0) is 21.2 Å². The molecule has 0 aliphatic carbocycles. The zero-order valence-corrected chi connectivity index (χ0v) is 18.2. The number of carbonyl (C=O) groups is 1. The van der Waals surface area contributed by atoms with Crippen LogP contribution in [0.15, 0.2) is 84.0 Å². The van der Waals surface area contributed by atoms with Crippen molar-refractivity contribution in [2.24, 2.45) is 0 Å². The number of sulfonamides is 1. The molecule has 0 unspecified atom stereocenters. The van der Waals surface area contributed by atoms with E-state index >= 15 is 0 Å². The van der Waals surface area contributed by atoms with E-state index in [-0.39, 0.29) is 23.9 Å². The molecular weight excluding hydrogens is 424 g/mol. The van der Waals surface area contributed by atoms with E-state index in [0.29, 0.717) is 12.8 Å². The number of nitrogens with one attached hydrogen (secondary N) is 3.